The zero-order chi connectivity index (χ0) is 10.6. The minimum absolute atomic E-state index is 0.538. The first kappa shape index (κ1) is 9.70. The van der Waals surface area contributed by atoms with Crippen LogP contribution in [0, 0.1) is 17.8 Å². The molecule has 0 spiro atoms. The van der Waals surface area contributed by atoms with Gasteiger partial charge in [-0.3, -0.25) is 0 Å². The molecule has 5 rings (SSSR count). The third kappa shape index (κ3) is 1.48. The molecule has 4 aliphatic carbocycles. The molecule has 2 nitrogen and oxygen atoms in total. The van der Waals surface area contributed by atoms with Gasteiger partial charge in [-0.2, -0.15) is 0 Å². The molecule has 89 valence electrons. The van der Waals surface area contributed by atoms with Gasteiger partial charge in [-0.15, -0.1) is 0 Å². The van der Waals surface area contributed by atoms with Gasteiger partial charge in [0.15, 0.2) is 0 Å². The molecule has 0 amide bonds. The summed E-state index contributed by atoms with van der Waals surface area (Å²) in [5.41, 5.74) is 0. The maximum atomic E-state index is 4.35. The predicted molar refractivity (Wildman–Crippen MR) is 62.9 cm³/mol. The summed E-state index contributed by atoms with van der Waals surface area (Å²) in [6.07, 6.45) is 12.5. The summed E-state index contributed by atoms with van der Waals surface area (Å²) < 4.78 is 1.57. The Morgan fingerprint density at radius 1 is 0.938 bits per heavy atom. The van der Waals surface area contributed by atoms with Crippen LogP contribution in [0.15, 0.2) is 9.98 Å². The molecular formula is C13H17N2Ni. The Labute approximate surface area is 102 Å². The standard InChI is InChI=1S/C10H15.C3H2N2.Ni/c1-7-2-9-4-8(1)5-10(3-7)6-9;1-2-5-3-4-1;/h7-9H,1-6H2;1-2H;. The summed E-state index contributed by atoms with van der Waals surface area (Å²) in [6.45, 7) is 0. The third-order valence-corrected chi connectivity index (χ3v) is 6.18. The van der Waals surface area contributed by atoms with Gasteiger partial charge in [-0.1, -0.05) is 0 Å². The van der Waals surface area contributed by atoms with E-state index in [1.54, 1.807) is 14.0 Å². The second kappa shape index (κ2) is 3.35. The first-order valence-corrected chi connectivity index (χ1v) is 7.34. The Morgan fingerprint density at radius 2 is 1.44 bits per heavy atom. The van der Waals surface area contributed by atoms with Crippen molar-refractivity contribution in [2.24, 2.45) is 27.7 Å². The van der Waals surface area contributed by atoms with Gasteiger partial charge in [0.25, 0.3) is 0 Å². The van der Waals surface area contributed by atoms with Gasteiger partial charge in [0.05, 0.1) is 0 Å². The average molecular weight is 260 g/mol. The number of hydrogen-bond donors (Lipinski definition) is 0. The number of rotatable bonds is 1. The summed E-state index contributed by atoms with van der Waals surface area (Å²) in [7, 11) is 0. The van der Waals surface area contributed by atoms with Gasteiger partial charge >= 0.3 is 102 Å². The molecule has 1 aliphatic heterocycles. The van der Waals surface area contributed by atoms with Crippen molar-refractivity contribution in [1.82, 2.24) is 0 Å². The molecule has 0 N–H and O–H groups in total. The van der Waals surface area contributed by atoms with Crippen LogP contribution in [0.2, 0.25) is 4.38 Å². The normalized spacial score (nSPS) is 48.5. The summed E-state index contributed by atoms with van der Waals surface area (Å²) in [4.78, 5) is 8.71. The average Bonchev–Trinajstić information content (AvgIpc) is 2.66. The molecule has 5 aliphatic rings. The molecule has 0 radical (unpaired) electrons. The molecule has 4 fully saturated rings. The second-order valence-electron chi connectivity index (χ2n) is 5.88. The van der Waals surface area contributed by atoms with Gasteiger partial charge in [0, 0.05) is 0 Å². The van der Waals surface area contributed by atoms with Crippen LogP contribution in [0.5, 0.6) is 0 Å². The van der Waals surface area contributed by atoms with Crippen LogP contribution < -0.4 is 0 Å². The second-order valence-corrected chi connectivity index (χ2v) is 7.62. The Morgan fingerprint density at radius 3 is 1.94 bits per heavy atom. The van der Waals surface area contributed by atoms with E-state index in [9.17, 15) is 0 Å². The summed E-state index contributed by atoms with van der Waals surface area (Å²) >= 11 is 1.78. The third-order valence-electron chi connectivity index (χ3n) is 4.58. The molecule has 0 aromatic carbocycles. The van der Waals surface area contributed by atoms with Gasteiger partial charge < -0.3 is 0 Å². The van der Waals surface area contributed by atoms with E-state index in [1.165, 1.54) is 38.5 Å². The van der Waals surface area contributed by atoms with Crippen LogP contribution in [0.4, 0.5) is 0 Å². The summed E-state index contributed by atoms with van der Waals surface area (Å²) in [5, 5.41) is 0. The molecule has 1 heterocycles. The van der Waals surface area contributed by atoms with Crippen LogP contribution in [-0.2, 0) is 14.0 Å². The quantitative estimate of drug-likeness (QED) is 0.647. The fraction of sp³-hybridized carbons (Fsp3) is 0.769. The van der Waals surface area contributed by atoms with E-state index in [-0.39, 0.29) is 0 Å². The van der Waals surface area contributed by atoms with Gasteiger partial charge in [0.2, 0.25) is 0 Å². The predicted octanol–water partition coefficient (Wildman–Crippen LogP) is 2.70. The van der Waals surface area contributed by atoms with E-state index in [0.717, 1.165) is 22.5 Å². The summed E-state index contributed by atoms with van der Waals surface area (Å²) in [5.74, 6) is 3.08. The van der Waals surface area contributed by atoms with Crippen molar-refractivity contribution in [3.63, 3.8) is 0 Å². The number of hydrogen-bond acceptors (Lipinski definition) is 2. The number of nitrogens with zero attached hydrogens (tertiary/aromatic N) is 2. The molecular weight excluding hydrogens is 243 g/mol. The van der Waals surface area contributed by atoms with E-state index in [0.29, 0.717) is 4.38 Å². The molecule has 0 aromatic rings. The van der Waals surface area contributed by atoms with E-state index in [1.807, 2.05) is 12.4 Å². The Balaban J connectivity index is 1.69. The minimum atomic E-state index is 0.538. The summed E-state index contributed by atoms with van der Waals surface area (Å²) in [6, 6.07) is 0. The number of aliphatic imine (C=N–C) groups is 2. The van der Waals surface area contributed by atoms with E-state index in [4.69, 9.17) is 0 Å². The van der Waals surface area contributed by atoms with Crippen LogP contribution >= 0.6 is 0 Å². The molecule has 0 unspecified atom stereocenters. The molecule has 3 heteroatoms. The first-order valence-electron chi connectivity index (χ1n) is 6.35. The monoisotopic (exact) mass is 259 g/mol. The van der Waals surface area contributed by atoms with E-state index < -0.39 is 0 Å². The fourth-order valence-electron chi connectivity index (χ4n) is 4.45. The first-order chi connectivity index (χ1) is 7.81. The SMILES string of the molecule is C1=N[C](=[Ni][C]23CC4CC(CC(C4)C2)C3)N=C1. The van der Waals surface area contributed by atoms with Gasteiger partial charge in [-0.05, 0) is 0 Å². The van der Waals surface area contributed by atoms with Crippen molar-refractivity contribution in [3.8, 4) is 0 Å². The molecule has 4 saturated carbocycles. The van der Waals surface area contributed by atoms with E-state index >= 15 is 0 Å². The molecule has 16 heavy (non-hydrogen) atoms. The van der Waals surface area contributed by atoms with Gasteiger partial charge in [0.1, 0.15) is 0 Å². The topological polar surface area (TPSA) is 24.7 Å². The van der Waals surface area contributed by atoms with Crippen molar-refractivity contribution in [2.45, 2.75) is 42.9 Å². The van der Waals surface area contributed by atoms with Crippen molar-refractivity contribution in [3.05, 3.63) is 0 Å². The Hall–Kier alpha value is -0.296. The zero-order valence-electron chi connectivity index (χ0n) is 9.34. The van der Waals surface area contributed by atoms with Crippen molar-refractivity contribution < 1.29 is 14.0 Å². The molecule has 0 saturated heterocycles. The van der Waals surface area contributed by atoms with Crippen LogP contribution in [0.3, 0.4) is 0 Å². The van der Waals surface area contributed by atoms with Crippen LogP contribution in [0.1, 0.15) is 38.5 Å². The Kier molecular flexibility index (Phi) is 2.03. The fourth-order valence-corrected chi connectivity index (χ4v) is 6.35. The van der Waals surface area contributed by atoms with Gasteiger partial charge in [-0.25, -0.2) is 0 Å². The molecule has 0 atom stereocenters. The van der Waals surface area contributed by atoms with Crippen molar-refractivity contribution >= 4 is 17.2 Å². The molecule has 4 bridgehead atoms. The van der Waals surface area contributed by atoms with Crippen LogP contribution in [-0.4, -0.2) is 17.2 Å². The zero-order valence-corrected chi connectivity index (χ0v) is 10.3. The van der Waals surface area contributed by atoms with E-state index in [2.05, 4.69) is 9.98 Å². The van der Waals surface area contributed by atoms with Crippen molar-refractivity contribution in [2.75, 3.05) is 0 Å². The van der Waals surface area contributed by atoms with Crippen LogP contribution in [0.25, 0.3) is 0 Å². The Bertz CT molecular complexity index is 359. The maximum absolute atomic E-state index is 4.35. The van der Waals surface area contributed by atoms with Crippen molar-refractivity contribution in [1.29, 1.82) is 0 Å². The molecule has 0 aromatic heterocycles.